The molecule has 0 fully saturated rings. The summed E-state index contributed by atoms with van der Waals surface area (Å²) in [5.41, 5.74) is 0.580. The number of halogens is 4. The van der Waals surface area contributed by atoms with E-state index < -0.39 is 12.6 Å². The molecule has 2 N–H and O–H groups in total. The molecule has 0 radical (unpaired) electrons. The molecule has 0 aliphatic rings. The number of aromatic nitrogens is 3. The van der Waals surface area contributed by atoms with E-state index in [1.165, 1.54) is 0 Å². The van der Waals surface area contributed by atoms with Gasteiger partial charge in [-0.15, -0.1) is 24.0 Å². The van der Waals surface area contributed by atoms with Crippen molar-refractivity contribution in [3.63, 3.8) is 0 Å². The third-order valence-corrected chi connectivity index (χ3v) is 3.00. The van der Waals surface area contributed by atoms with Crippen LogP contribution in [-0.2, 0) is 6.42 Å². The van der Waals surface area contributed by atoms with Crippen LogP contribution < -0.4 is 10.6 Å². The highest BCUT2D eigenvalue weighted by Gasteiger charge is 2.26. The van der Waals surface area contributed by atoms with E-state index in [1.54, 1.807) is 18.3 Å². The Bertz CT molecular complexity index is 678. The Morgan fingerprint density at radius 1 is 1.27 bits per heavy atom. The lowest BCUT2D eigenvalue weighted by Gasteiger charge is -2.10. The van der Waals surface area contributed by atoms with Gasteiger partial charge in [0.05, 0.1) is 13.0 Å². The minimum absolute atomic E-state index is 0. The Balaban J connectivity index is 0.00000338. The summed E-state index contributed by atoms with van der Waals surface area (Å²) in [7, 11) is 0. The Kier molecular flexibility index (Phi) is 9.30. The topological polar surface area (TPSA) is 88.2 Å². The average molecular weight is 484 g/mol. The summed E-state index contributed by atoms with van der Waals surface area (Å²) in [4.78, 5) is 12.2. The molecule has 2 aromatic heterocycles. The number of guanidine groups is 1. The average Bonchev–Trinajstić information content (AvgIpc) is 3.03. The van der Waals surface area contributed by atoms with Crippen LogP contribution in [0, 0.1) is 0 Å². The van der Waals surface area contributed by atoms with Crippen molar-refractivity contribution in [2.24, 2.45) is 4.99 Å². The van der Waals surface area contributed by atoms with Crippen LogP contribution in [0.5, 0.6) is 0 Å². The van der Waals surface area contributed by atoms with Gasteiger partial charge in [-0.05, 0) is 19.1 Å². The van der Waals surface area contributed by atoms with Crippen molar-refractivity contribution in [2.75, 3.05) is 19.6 Å². The van der Waals surface area contributed by atoms with Crippen LogP contribution in [0.2, 0.25) is 0 Å². The maximum atomic E-state index is 12.2. The molecule has 0 atom stereocenters. The highest BCUT2D eigenvalue weighted by molar-refractivity contribution is 14.0. The van der Waals surface area contributed by atoms with E-state index in [1.807, 2.05) is 13.0 Å². The first-order valence-electron chi connectivity index (χ1n) is 7.81. The number of alkyl halides is 3. The van der Waals surface area contributed by atoms with Crippen molar-refractivity contribution in [3.8, 4) is 11.6 Å². The fraction of sp³-hybridized carbons (Fsp3) is 0.467. The third kappa shape index (κ3) is 7.97. The molecule has 0 aliphatic heterocycles. The fourth-order valence-corrected chi connectivity index (χ4v) is 1.88. The van der Waals surface area contributed by atoms with Gasteiger partial charge in [0.25, 0.3) is 5.89 Å². The van der Waals surface area contributed by atoms with Crippen molar-refractivity contribution in [1.29, 1.82) is 0 Å². The van der Waals surface area contributed by atoms with Crippen molar-refractivity contribution in [1.82, 2.24) is 25.8 Å². The normalized spacial score (nSPS) is 11.8. The van der Waals surface area contributed by atoms with E-state index in [-0.39, 0.29) is 30.5 Å². The highest BCUT2D eigenvalue weighted by atomic mass is 127. The lowest BCUT2D eigenvalue weighted by molar-refractivity contribution is -0.132. The van der Waals surface area contributed by atoms with Gasteiger partial charge < -0.3 is 15.2 Å². The van der Waals surface area contributed by atoms with Gasteiger partial charge in [0.1, 0.15) is 5.69 Å². The molecule has 2 aromatic rings. The molecule has 0 amide bonds. The molecule has 0 unspecified atom stereocenters. The lowest BCUT2D eigenvalue weighted by atomic mass is 10.3. The Hall–Kier alpha value is -1.92. The van der Waals surface area contributed by atoms with E-state index in [4.69, 9.17) is 4.52 Å². The van der Waals surface area contributed by atoms with Crippen molar-refractivity contribution < 1.29 is 17.7 Å². The standard InChI is InChI=1S/C15H19F3N6O.HI/c1-2-19-14(22-10-7-15(16,17)18)21-9-6-12-23-13(25-24-12)11-5-3-4-8-20-11;/h3-5,8H,2,6-7,9-10H2,1H3,(H2,19,21,22);1H. The van der Waals surface area contributed by atoms with E-state index in [0.29, 0.717) is 42.9 Å². The SMILES string of the molecule is CCNC(=NCCC(F)(F)F)NCCc1noc(-c2ccccn2)n1.I. The van der Waals surface area contributed by atoms with Crippen LogP contribution in [0.4, 0.5) is 13.2 Å². The fourth-order valence-electron chi connectivity index (χ4n) is 1.88. The number of rotatable bonds is 7. The molecule has 0 aliphatic carbocycles. The van der Waals surface area contributed by atoms with Crippen molar-refractivity contribution in [3.05, 3.63) is 30.2 Å². The zero-order valence-electron chi connectivity index (χ0n) is 14.1. The molecule has 11 heteroatoms. The number of nitrogens with one attached hydrogen (secondary N) is 2. The number of aliphatic imine (C=N–C) groups is 1. The zero-order chi connectivity index (χ0) is 18.1. The summed E-state index contributed by atoms with van der Waals surface area (Å²) < 4.78 is 41.6. The Morgan fingerprint density at radius 2 is 2.08 bits per heavy atom. The summed E-state index contributed by atoms with van der Waals surface area (Å²) >= 11 is 0. The molecule has 26 heavy (non-hydrogen) atoms. The first kappa shape index (κ1) is 22.1. The molecular formula is C15H20F3IN6O. The summed E-state index contributed by atoms with van der Waals surface area (Å²) in [5.74, 6) is 1.11. The van der Waals surface area contributed by atoms with Gasteiger partial charge >= 0.3 is 6.18 Å². The summed E-state index contributed by atoms with van der Waals surface area (Å²) in [6.45, 7) is 2.45. The van der Waals surface area contributed by atoms with E-state index in [9.17, 15) is 13.2 Å². The number of hydrogen-bond acceptors (Lipinski definition) is 5. The van der Waals surface area contributed by atoms with E-state index in [2.05, 4.69) is 30.8 Å². The Morgan fingerprint density at radius 3 is 2.73 bits per heavy atom. The van der Waals surface area contributed by atoms with Crippen LogP contribution in [0.1, 0.15) is 19.2 Å². The summed E-state index contributed by atoms with van der Waals surface area (Å²) in [6, 6.07) is 5.35. The van der Waals surface area contributed by atoms with Gasteiger partial charge in [-0.25, -0.2) is 0 Å². The van der Waals surface area contributed by atoms with Gasteiger partial charge in [0, 0.05) is 25.7 Å². The highest BCUT2D eigenvalue weighted by Crippen LogP contribution is 2.18. The molecular weight excluding hydrogens is 464 g/mol. The minimum atomic E-state index is -4.21. The van der Waals surface area contributed by atoms with Crippen LogP contribution in [0.15, 0.2) is 33.9 Å². The molecule has 144 valence electrons. The second-order valence-corrected chi connectivity index (χ2v) is 5.03. The van der Waals surface area contributed by atoms with Gasteiger partial charge in [0.2, 0.25) is 0 Å². The first-order chi connectivity index (χ1) is 12.0. The van der Waals surface area contributed by atoms with Gasteiger partial charge in [-0.2, -0.15) is 18.2 Å². The van der Waals surface area contributed by atoms with Crippen LogP contribution in [-0.4, -0.2) is 46.9 Å². The molecule has 0 aromatic carbocycles. The molecule has 7 nitrogen and oxygen atoms in total. The molecule has 0 saturated carbocycles. The predicted octanol–water partition coefficient (Wildman–Crippen LogP) is 2.80. The van der Waals surface area contributed by atoms with Crippen LogP contribution in [0.3, 0.4) is 0 Å². The molecule has 0 saturated heterocycles. The summed E-state index contributed by atoms with van der Waals surface area (Å²) in [6.07, 6.45) is -3.12. The second kappa shape index (κ2) is 10.9. The minimum Gasteiger partial charge on any atom is -0.357 e. The van der Waals surface area contributed by atoms with E-state index >= 15 is 0 Å². The van der Waals surface area contributed by atoms with Gasteiger partial charge in [-0.3, -0.25) is 9.98 Å². The number of nitrogens with zero attached hydrogens (tertiary/aromatic N) is 4. The third-order valence-electron chi connectivity index (χ3n) is 3.00. The largest absolute Gasteiger partial charge is 0.390 e. The zero-order valence-corrected chi connectivity index (χ0v) is 16.4. The molecule has 2 heterocycles. The smallest absolute Gasteiger partial charge is 0.357 e. The maximum Gasteiger partial charge on any atom is 0.390 e. The second-order valence-electron chi connectivity index (χ2n) is 5.03. The van der Waals surface area contributed by atoms with Gasteiger partial charge in [-0.1, -0.05) is 11.2 Å². The monoisotopic (exact) mass is 484 g/mol. The van der Waals surface area contributed by atoms with Gasteiger partial charge in [0.15, 0.2) is 11.8 Å². The maximum absolute atomic E-state index is 12.2. The summed E-state index contributed by atoms with van der Waals surface area (Å²) in [5, 5.41) is 9.68. The van der Waals surface area contributed by atoms with Crippen LogP contribution >= 0.6 is 24.0 Å². The quantitative estimate of drug-likeness (QED) is 0.357. The van der Waals surface area contributed by atoms with Crippen molar-refractivity contribution >= 4 is 29.9 Å². The van der Waals surface area contributed by atoms with E-state index in [0.717, 1.165) is 0 Å². The first-order valence-corrected chi connectivity index (χ1v) is 7.81. The molecule has 0 spiro atoms. The van der Waals surface area contributed by atoms with Crippen molar-refractivity contribution in [2.45, 2.75) is 25.9 Å². The lowest BCUT2D eigenvalue weighted by Crippen LogP contribution is -2.38. The number of pyridine rings is 1. The number of hydrogen-bond donors (Lipinski definition) is 2. The predicted molar refractivity (Wildman–Crippen MR) is 101 cm³/mol. The Labute approximate surface area is 165 Å². The molecule has 0 bridgehead atoms. The molecule has 2 rings (SSSR count). The van der Waals surface area contributed by atoms with Crippen LogP contribution in [0.25, 0.3) is 11.6 Å².